The van der Waals surface area contributed by atoms with Gasteiger partial charge in [0.2, 0.25) is 0 Å². The topological polar surface area (TPSA) is 32.3 Å². The summed E-state index contributed by atoms with van der Waals surface area (Å²) in [6, 6.07) is 18.5. The van der Waals surface area contributed by atoms with Crippen molar-refractivity contribution in [2.24, 2.45) is 0 Å². The van der Waals surface area contributed by atoms with Crippen LogP contribution in [0.1, 0.15) is 45.6 Å². The lowest BCUT2D eigenvalue weighted by Crippen LogP contribution is -2.34. The van der Waals surface area contributed by atoms with Crippen LogP contribution in [0, 0.1) is 12.7 Å². The Hall–Kier alpha value is -2.76. The molecule has 0 aliphatic carbocycles. The number of likely N-dealkylation sites (tertiary alicyclic amines) is 1. The molecule has 3 nitrogen and oxygen atoms in total. The van der Waals surface area contributed by atoms with E-state index < -0.39 is 0 Å². The summed E-state index contributed by atoms with van der Waals surface area (Å²) in [6.45, 7) is 5.80. The third-order valence-corrected chi connectivity index (χ3v) is 6.96. The zero-order chi connectivity index (χ0) is 22.3. The van der Waals surface area contributed by atoms with Crippen molar-refractivity contribution < 1.29 is 9.18 Å². The molecule has 1 aliphatic heterocycles. The second kappa shape index (κ2) is 10.7. The van der Waals surface area contributed by atoms with Gasteiger partial charge in [0, 0.05) is 30.1 Å². The van der Waals surface area contributed by atoms with Gasteiger partial charge < -0.3 is 10.2 Å². The second-order valence-electron chi connectivity index (χ2n) is 8.29. The number of thiophene rings is 1. The number of hydrogen-bond acceptors (Lipinski definition) is 3. The van der Waals surface area contributed by atoms with E-state index in [1.807, 2.05) is 42.5 Å². The first-order chi connectivity index (χ1) is 15.6. The molecule has 0 atom stereocenters. The fraction of sp³-hybridized carbons (Fsp3) is 0.296. The Bertz CT molecular complexity index is 1060. The predicted molar refractivity (Wildman–Crippen MR) is 131 cm³/mol. The molecule has 5 heteroatoms. The minimum absolute atomic E-state index is 0.00959. The summed E-state index contributed by atoms with van der Waals surface area (Å²) in [4.78, 5) is 15.9. The molecule has 2 aromatic carbocycles. The Kier molecular flexibility index (Phi) is 7.51. The summed E-state index contributed by atoms with van der Waals surface area (Å²) in [5, 5.41) is 5.19. The van der Waals surface area contributed by atoms with Crippen LogP contribution in [0.5, 0.6) is 0 Å². The summed E-state index contributed by atoms with van der Waals surface area (Å²) in [5.74, 6) is -0.209. The summed E-state index contributed by atoms with van der Waals surface area (Å²) in [6.07, 6.45) is 2.96. The predicted octanol–water partition coefficient (Wildman–Crippen LogP) is 5.91. The molecule has 0 unspecified atom stereocenters. The number of carbonyl (C=O) groups excluding carboxylic acids is 1. The monoisotopic (exact) mass is 448 g/mol. The number of rotatable bonds is 7. The molecule has 0 saturated carbocycles. The van der Waals surface area contributed by atoms with Crippen LogP contribution in [0.2, 0.25) is 0 Å². The van der Waals surface area contributed by atoms with E-state index in [0.717, 1.165) is 44.5 Å². The fourth-order valence-corrected chi connectivity index (χ4v) is 5.21. The molecule has 1 aliphatic rings. The van der Waals surface area contributed by atoms with Crippen molar-refractivity contribution in [3.8, 4) is 0 Å². The average molecular weight is 449 g/mol. The normalized spacial score (nSPS) is 14.4. The molecule has 1 saturated heterocycles. The van der Waals surface area contributed by atoms with Crippen molar-refractivity contribution in [3.63, 3.8) is 0 Å². The van der Waals surface area contributed by atoms with Crippen molar-refractivity contribution in [1.29, 1.82) is 0 Å². The molecule has 2 heterocycles. The number of amides is 1. The molecule has 3 aromatic rings. The molecule has 0 bridgehead atoms. The maximum absolute atomic E-state index is 13.5. The third-order valence-electron chi connectivity index (χ3n) is 5.90. The minimum atomic E-state index is -0.199. The first-order valence-corrected chi connectivity index (χ1v) is 12.1. The Morgan fingerprint density at radius 3 is 2.41 bits per heavy atom. The molecular formula is C27H29FN2OS. The Morgan fingerprint density at radius 2 is 1.75 bits per heavy atom. The second-order valence-corrected chi connectivity index (χ2v) is 9.20. The first kappa shape index (κ1) is 22.4. The standard InChI is InChI=1S/C27H29FN2OS/c1-20-18-25(32-19-20)26(21-8-10-24(28)11-9-21)22-12-16-30(17-13-22)15-5-14-29-27(31)23-6-3-2-4-7-23/h2-4,6-11,18-19H,5,12-17H2,1H3,(H,29,31). The largest absolute Gasteiger partial charge is 0.352 e. The Labute approximate surface area is 193 Å². The average Bonchev–Trinajstić information content (AvgIpc) is 3.25. The van der Waals surface area contributed by atoms with Crippen molar-refractivity contribution in [2.45, 2.75) is 26.2 Å². The van der Waals surface area contributed by atoms with E-state index in [0.29, 0.717) is 12.1 Å². The van der Waals surface area contributed by atoms with Gasteiger partial charge in [-0.3, -0.25) is 4.79 Å². The van der Waals surface area contributed by atoms with Gasteiger partial charge in [0.05, 0.1) is 0 Å². The highest BCUT2D eigenvalue weighted by atomic mass is 32.1. The van der Waals surface area contributed by atoms with E-state index >= 15 is 0 Å². The quantitative estimate of drug-likeness (QED) is 0.456. The van der Waals surface area contributed by atoms with Gasteiger partial charge in [-0.05, 0) is 85.1 Å². The maximum atomic E-state index is 13.5. The number of piperidine rings is 1. The van der Waals surface area contributed by atoms with Crippen LogP contribution in [-0.4, -0.2) is 37.0 Å². The third kappa shape index (κ3) is 5.72. The number of nitrogens with zero attached hydrogens (tertiary/aromatic N) is 1. The van der Waals surface area contributed by atoms with E-state index in [1.165, 1.54) is 21.6 Å². The maximum Gasteiger partial charge on any atom is 0.251 e. The number of carbonyl (C=O) groups is 1. The van der Waals surface area contributed by atoms with Crippen LogP contribution in [-0.2, 0) is 0 Å². The lowest BCUT2D eigenvalue weighted by molar-refractivity contribution is 0.0951. The SMILES string of the molecule is Cc1csc(C(=C2CCN(CCCNC(=O)c3ccccc3)CC2)c2ccc(F)cc2)c1. The van der Waals surface area contributed by atoms with Gasteiger partial charge in [0.25, 0.3) is 5.91 Å². The van der Waals surface area contributed by atoms with Crippen molar-refractivity contribution >= 4 is 22.8 Å². The van der Waals surface area contributed by atoms with Crippen LogP contribution in [0.3, 0.4) is 0 Å². The first-order valence-electron chi connectivity index (χ1n) is 11.2. The van der Waals surface area contributed by atoms with E-state index in [-0.39, 0.29) is 11.7 Å². The smallest absolute Gasteiger partial charge is 0.251 e. The van der Waals surface area contributed by atoms with E-state index in [2.05, 4.69) is 28.6 Å². The lowest BCUT2D eigenvalue weighted by Gasteiger charge is -2.30. The molecule has 32 heavy (non-hydrogen) atoms. The van der Waals surface area contributed by atoms with Crippen LogP contribution < -0.4 is 5.32 Å². The van der Waals surface area contributed by atoms with Crippen molar-refractivity contribution in [2.75, 3.05) is 26.2 Å². The van der Waals surface area contributed by atoms with Gasteiger partial charge in [0.15, 0.2) is 0 Å². The summed E-state index contributed by atoms with van der Waals surface area (Å²) < 4.78 is 13.5. The lowest BCUT2D eigenvalue weighted by atomic mass is 9.92. The van der Waals surface area contributed by atoms with Crippen molar-refractivity contribution in [1.82, 2.24) is 10.2 Å². The van der Waals surface area contributed by atoms with Crippen molar-refractivity contribution in [3.05, 3.63) is 99.0 Å². The van der Waals surface area contributed by atoms with Crippen LogP contribution in [0.25, 0.3) is 5.57 Å². The zero-order valence-corrected chi connectivity index (χ0v) is 19.3. The number of hydrogen-bond donors (Lipinski definition) is 1. The number of halogens is 1. The van der Waals surface area contributed by atoms with Crippen LogP contribution in [0.4, 0.5) is 4.39 Å². The minimum Gasteiger partial charge on any atom is -0.352 e. The summed E-state index contributed by atoms with van der Waals surface area (Å²) >= 11 is 1.76. The van der Waals surface area contributed by atoms with Gasteiger partial charge in [-0.25, -0.2) is 4.39 Å². The van der Waals surface area contributed by atoms with Gasteiger partial charge in [-0.15, -0.1) is 11.3 Å². The van der Waals surface area contributed by atoms with Crippen LogP contribution >= 0.6 is 11.3 Å². The molecule has 166 valence electrons. The Balaban J connectivity index is 1.34. The van der Waals surface area contributed by atoms with E-state index in [4.69, 9.17) is 0 Å². The van der Waals surface area contributed by atoms with Gasteiger partial charge >= 0.3 is 0 Å². The summed E-state index contributed by atoms with van der Waals surface area (Å²) in [7, 11) is 0. The van der Waals surface area contributed by atoms with E-state index in [9.17, 15) is 9.18 Å². The molecule has 1 amide bonds. The van der Waals surface area contributed by atoms with Gasteiger partial charge in [-0.1, -0.05) is 35.9 Å². The molecule has 0 radical (unpaired) electrons. The molecule has 1 fully saturated rings. The number of benzene rings is 2. The summed E-state index contributed by atoms with van der Waals surface area (Å²) in [5.41, 5.74) is 5.79. The number of nitrogens with one attached hydrogen (secondary N) is 1. The molecule has 1 aromatic heterocycles. The highest BCUT2D eigenvalue weighted by Crippen LogP contribution is 2.35. The van der Waals surface area contributed by atoms with E-state index in [1.54, 1.807) is 23.5 Å². The Morgan fingerprint density at radius 1 is 1.03 bits per heavy atom. The van der Waals surface area contributed by atoms with Gasteiger partial charge in [-0.2, -0.15) is 0 Å². The zero-order valence-electron chi connectivity index (χ0n) is 18.4. The molecule has 4 rings (SSSR count). The molecule has 1 N–H and O–H groups in total. The molecular weight excluding hydrogens is 419 g/mol. The van der Waals surface area contributed by atoms with Gasteiger partial charge in [0.1, 0.15) is 5.82 Å². The molecule has 0 spiro atoms. The number of aryl methyl sites for hydroxylation is 1. The fourth-order valence-electron chi connectivity index (χ4n) is 4.19. The van der Waals surface area contributed by atoms with Crippen LogP contribution in [0.15, 0.2) is 71.6 Å². The highest BCUT2D eigenvalue weighted by Gasteiger charge is 2.20. The highest BCUT2D eigenvalue weighted by molar-refractivity contribution is 7.11.